The van der Waals surface area contributed by atoms with E-state index in [1.54, 1.807) is 18.6 Å². The van der Waals surface area contributed by atoms with E-state index in [1.165, 1.54) is 6.92 Å². The zero-order chi connectivity index (χ0) is 18.3. The highest BCUT2D eigenvalue weighted by molar-refractivity contribution is 5.95. The molecule has 3 rings (SSSR count). The van der Waals surface area contributed by atoms with Gasteiger partial charge in [0.1, 0.15) is 0 Å². The molecule has 0 aliphatic heterocycles. The highest BCUT2D eigenvalue weighted by Crippen LogP contribution is 2.35. The predicted molar refractivity (Wildman–Crippen MR) is 91.4 cm³/mol. The fourth-order valence-electron chi connectivity index (χ4n) is 2.74. The van der Waals surface area contributed by atoms with Crippen molar-refractivity contribution in [2.45, 2.75) is 38.5 Å². The number of hydrogen-bond acceptors (Lipinski definition) is 3. The smallest absolute Gasteiger partial charge is 0.248 e. The Morgan fingerprint density at radius 1 is 1.44 bits per heavy atom. The fraction of sp³-hybridized carbons (Fsp3) is 0.471. The number of nitrogens with zero attached hydrogens (tertiary/aromatic N) is 1. The van der Waals surface area contributed by atoms with Gasteiger partial charge in [0.15, 0.2) is 0 Å². The molecule has 6 nitrogen and oxygen atoms in total. The summed E-state index contributed by atoms with van der Waals surface area (Å²) in [7, 11) is 0. The zero-order valence-electron chi connectivity index (χ0n) is 14.0. The summed E-state index contributed by atoms with van der Waals surface area (Å²) in [6, 6.07) is 1.85. The van der Waals surface area contributed by atoms with Crippen LogP contribution in [0.2, 0.25) is 0 Å². The van der Waals surface area contributed by atoms with Gasteiger partial charge in [0.2, 0.25) is 18.2 Å². The van der Waals surface area contributed by atoms with Gasteiger partial charge < -0.3 is 15.6 Å². The second-order valence-corrected chi connectivity index (χ2v) is 6.12. The largest absolute Gasteiger partial charge is 0.359 e. The van der Waals surface area contributed by atoms with E-state index in [-0.39, 0.29) is 24.7 Å². The number of hydrogen-bond donors (Lipinski definition) is 3. The van der Waals surface area contributed by atoms with Gasteiger partial charge in [-0.2, -0.15) is 0 Å². The number of nitrogens with one attached hydrogen (secondary N) is 3. The first-order chi connectivity index (χ1) is 11.9. The number of carbonyl (C=O) groups is 2. The molecule has 0 aromatic carbocycles. The molecule has 0 bridgehead atoms. The molecular formula is C17H22F2N4O2. The molecule has 0 unspecified atom stereocenters. The number of anilines is 1. The van der Waals surface area contributed by atoms with E-state index < -0.39 is 5.92 Å². The molecule has 1 fully saturated rings. The summed E-state index contributed by atoms with van der Waals surface area (Å²) in [5.74, 6) is -2.31. The Morgan fingerprint density at radius 3 is 2.80 bits per heavy atom. The Bertz CT molecular complexity index is 707. The Kier molecular flexibility index (Phi) is 6.44. The molecule has 1 aliphatic rings. The van der Waals surface area contributed by atoms with Crippen LogP contribution in [0.1, 0.15) is 32.6 Å². The SMILES string of the molecule is CC(=O)NCC1CCC(F)(F)CC1.O=CNc1c[nH]c2ccncc12. The van der Waals surface area contributed by atoms with Crippen LogP contribution in [0, 0.1) is 5.92 Å². The van der Waals surface area contributed by atoms with E-state index in [9.17, 15) is 18.4 Å². The number of fused-ring (bicyclic) bond motifs is 1. The number of halogens is 2. The van der Waals surface area contributed by atoms with Crippen molar-refractivity contribution >= 4 is 28.9 Å². The summed E-state index contributed by atoms with van der Waals surface area (Å²) >= 11 is 0. The molecule has 2 aromatic rings. The number of H-pyrrole nitrogens is 1. The van der Waals surface area contributed by atoms with Crippen molar-refractivity contribution in [2.75, 3.05) is 11.9 Å². The Labute approximate surface area is 144 Å². The van der Waals surface area contributed by atoms with E-state index in [0.717, 1.165) is 16.6 Å². The number of pyridine rings is 1. The first-order valence-corrected chi connectivity index (χ1v) is 8.15. The maximum Gasteiger partial charge on any atom is 0.248 e. The third-order valence-electron chi connectivity index (χ3n) is 4.17. The Hall–Kier alpha value is -2.51. The van der Waals surface area contributed by atoms with E-state index in [2.05, 4.69) is 20.6 Å². The number of aromatic nitrogens is 2. The number of carbonyl (C=O) groups excluding carboxylic acids is 2. The van der Waals surface area contributed by atoms with Crippen molar-refractivity contribution < 1.29 is 18.4 Å². The van der Waals surface area contributed by atoms with Crippen LogP contribution >= 0.6 is 0 Å². The maximum absolute atomic E-state index is 12.7. The molecule has 1 saturated carbocycles. The highest BCUT2D eigenvalue weighted by Gasteiger charge is 2.34. The number of aromatic amines is 1. The van der Waals surface area contributed by atoms with Gasteiger partial charge in [-0.25, -0.2) is 8.78 Å². The number of amides is 2. The summed E-state index contributed by atoms with van der Waals surface area (Å²) in [6.07, 6.45) is 6.77. The Morgan fingerprint density at radius 2 is 2.16 bits per heavy atom. The third kappa shape index (κ3) is 5.81. The lowest BCUT2D eigenvalue weighted by atomic mass is 9.87. The second-order valence-electron chi connectivity index (χ2n) is 6.12. The second kappa shape index (κ2) is 8.55. The molecule has 136 valence electrons. The first kappa shape index (κ1) is 18.8. The first-order valence-electron chi connectivity index (χ1n) is 8.15. The maximum atomic E-state index is 12.7. The molecule has 25 heavy (non-hydrogen) atoms. The van der Waals surface area contributed by atoms with Crippen LogP contribution in [0.15, 0.2) is 24.7 Å². The molecule has 1 aliphatic carbocycles. The van der Waals surface area contributed by atoms with Gasteiger partial charge in [-0.3, -0.25) is 14.6 Å². The fourth-order valence-corrected chi connectivity index (χ4v) is 2.74. The van der Waals surface area contributed by atoms with Crippen molar-refractivity contribution in [3.05, 3.63) is 24.7 Å². The Balaban J connectivity index is 0.000000181. The van der Waals surface area contributed by atoms with Crippen LogP contribution < -0.4 is 10.6 Å². The van der Waals surface area contributed by atoms with Crippen LogP contribution in [0.4, 0.5) is 14.5 Å². The van der Waals surface area contributed by atoms with E-state index in [4.69, 9.17) is 0 Å². The van der Waals surface area contributed by atoms with Crippen LogP contribution in [0.25, 0.3) is 10.9 Å². The zero-order valence-corrected chi connectivity index (χ0v) is 14.0. The minimum atomic E-state index is -2.47. The van der Waals surface area contributed by atoms with Crippen LogP contribution in [-0.2, 0) is 9.59 Å². The molecule has 0 radical (unpaired) electrons. The van der Waals surface area contributed by atoms with Crippen LogP contribution in [-0.4, -0.2) is 34.8 Å². The summed E-state index contributed by atoms with van der Waals surface area (Å²) < 4.78 is 25.4. The van der Waals surface area contributed by atoms with Gasteiger partial charge in [0.05, 0.1) is 11.2 Å². The van der Waals surface area contributed by atoms with Gasteiger partial charge in [-0.1, -0.05) is 0 Å². The number of alkyl halides is 2. The van der Waals surface area contributed by atoms with Gasteiger partial charge >= 0.3 is 0 Å². The van der Waals surface area contributed by atoms with Crippen molar-refractivity contribution in [2.24, 2.45) is 5.92 Å². The summed E-state index contributed by atoms with van der Waals surface area (Å²) in [6.45, 7) is 1.99. The number of rotatable bonds is 4. The minimum Gasteiger partial charge on any atom is -0.359 e. The molecule has 0 saturated heterocycles. The van der Waals surface area contributed by atoms with Gasteiger partial charge in [-0.05, 0) is 24.8 Å². The van der Waals surface area contributed by atoms with Gasteiger partial charge in [0, 0.05) is 50.3 Å². The highest BCUT2D eigenvalue weighted by atomic mass is 19.3. The average molecular weight is 352 g/mol. The quantitative estimate of drug-likeness (QED) is 0.739. The molecule has 2 aromatic heterocycles. The van der Waals surface area contributed by atoms with Crippen molar-refractivity contribution in [3.8, 4) is 0 Å². The lowest BCUT2D eigenvalue weighted by Crippen LogP contribution is -2.32. The van der Waals surface area contributed by atoms with Gasteiger partial charge in [0.25, 0.3) is 0 Å². The summed E-state index contributed by atoms with van der Waals surface area (Å²) in [5.41, 5.74) is 1.72. The monoisotopic (exact) mass is 352 g/mol. The molecular weight excluding hydrogens is 330 g/mol. The van der Waals surface area contributed by atoms with Crippen LogP contribution in [0.3, 0.4) is 0 Å². The predicted octanol–water partition coefficient (Wildman–Crippen LogP) is 3.08. The van der Waals surface area contributed by atoms with Crippen LogP contribution in [0.5, 0.6) is 0 Å². The molecule has 0 spiro atoms. The molecule has 0 atom stereocenters. The van der Waals surface area contributed by atoms with Gasteiger partial charge in [-0.15, -0.1) is 0 Å². The van der Waals surface area contributed by atoms with Crippen molar-refractivity contribution in [3.63, 3.8) is 0 Å². The van der Waals surface area contributed by atoms with E-state index in [0.29, 0.717) is 25.8 Å². The minimum absolute atomic E-state index is 0.0305. The molecule has 8 heteroatoms. The third-order valence-corrected chi connectivity index (χ3v) is 4.17. The molecule has 3 N–H and O–H groups in total. The average Bonchev–Trinajstić information content (AvgIpc) is 2.98. The summed E-state index contributed by atoms with van der Waals surface area (Å²) in [4.78, 5) is 27.7. The lowest BCUT2D eigenvalue weighted by Gasteiger charge is -2.28. The lowest BCUT2D eigenvalue weighted by molar-refractivity contribution is -0.119. The van der Waals surface area contributed by atoms with Crippen molar-refractivity contribution in [1.29, 1.82) is 0 Å². The normalized spacial score (nSPS) is 16.6. The molecule has 2 heterocycles. The molecule has 2 amide bonds. The van der Waals surface area contributed by atoms with E-state index in [1.807, 2.05) is 6.07 Å². The topological polar surface area (TPSA) is 86.9 Å². The van der Waals surface area contributed by atoms with Crippen molar-refractivity contribution in [1.82, 2.24) is 15.3 Å². The standard InChI is InChI=1S/C9H15F2NO.C8H7N3O/c1-7(13)12-6-8-2-4-9(10,11)5-3-8;12-5-11-8-4-10-7-1-2-9-3-6(7)8/h8H,2-6H2,1H3,(H,12,13);1-5,10H,(H,11,12). The summed E-state index contributed by atoms with van der Waals surface area (Å²) in [5, 5.41) is 6.16. The van der Waals surface area contributed by atoms with E-state index >= 15 is 0 Å².